The van der Waals surface area contributed by atoms with E-state index in [1.165, 1.54) is 16.3 Å². The molecule has 0 atom stereocenters. The number of nitrogens with one attached hydrogen (secondary N) is 2. The number of aromatic nitrogens is 2. The third-order valence-corrected chi connectivity index (χ3v) is 3.91. The largest absolute Gasteiger partial charge is 0.356 e. The Kier molecular flexibility index (Phi) is 5.45. The first-order valence-corrected chi connectivity index (χ1v) is 8.25. The first-order chi connectivity index (χ1) is 11.8. The number of hydrogen-bond donors (Lipinski definition) is 2. The first-order valence-electron chi connectivity index (χ1n) is 8.25. The molecule has 2 N–H and O–H groups in total. The molecule has 24 heavy (non-hydrogen) atoms. The minimum atomic E-state index is 0.754. The second-order valence-corrected chi connectivity index (χ2v) is 5.66. The molecule has 3 rings (SSSR count). The van der Waals surface area contributed by atoms with E-state index in [0.29, 0.717) is 0 Å². The van der Waals surface area contributed by atoms with Gasteiger partial charge in [0.25, 0.3) is 0 Å². The summed E-state index contributed by atoms with van der Waals surface area (Å²) < 4.78 is 1.94. The Morgan fingerprint density at radius 3 is 2.75 bits per heavy atom. The van der Waals surface area contributed by atoms with E-state index >= 15 is 0 Å². The van der Waals surface area contributed by atoms with Gasteiger partial charge in [-0.1, -0.05) is 36.4 Å². The van der Waals surface area contributed by atoms with E-state index in [4.69, 9.17) is 0 Å². The Morgan fingerprint density at radius 2 is 1.96 bits per heavy atom. The van der Waals surface area contributed by atoms with Gasteiger partial charge >= 0.3 is 0 Å². The van der Waals surface area contributed by atoms with Gasteiger partial charge in [0.2, 0.25) is 0 Å². The summed E-state index contributed by atoms with van der Waals surface area (Å²) in [6, 6.07) is 16.9. The fraction of sp³-hybridized carbons (Fsp3) is 0.263. The van der Waals surface area contributed by atoms with Crippen molar-refractivity contribution in [3.63, 3.8) is 0 Å². The Balaban J connectivity index is 1.46. The van der Waals surface area contributed by atoms with Crippen LogP contribution in [-0.2, 0) is 13.1 Å². The van der Waals surface area contributed by atoms with Crippen molar-refractivity contribution in [2.75, 3.05) is 13.6 Å². The molecule has 0 saturated carbocycles. The summed E-state index contributed by atoms with van der Waals surface area (Å²) in [6.07, 6.45) is 4.78. The van der Waals surface area contributed by atoms with Crippen LogP contribution in [0.3, 0.4) is 0 Å². The lowest BCUT2D eigenvalue weighted by molar-refractivity contribution is 0.570. The van der Waals surface area contributed by atoms with Gasteiger partial charge in [-0.25, -0.2) is 0 Å². The Labute approximate surface area is 142 Å². The number of aliphatic imine (C=N–C) groups is 1. The Morgan fingerprint density at radius 1 is 1.08 bits per heavy atom. The average Bonchev–Trinajstić information content (AvgIpc) is 3.14. The van der Waals surface area contributed by atoms with Crippen molar-refractivity contribution in [2.24, 2.45) is 4.99 Å². The lowest BCUT2D eigenvalue weighted by Gasteiger charge is -2.12. The summed E-state index contributed by atoms with van der Waals surface area (Å²) in [7, 11) is 1.79. The maximum absolute atomic E-state index is 4.27. The van der Waals surface area contributed by atoms with Crippen LogP contribution >= 0.6 is 0 Å². The van der Waals surface area contributed by atoms with Crippen LogP contribution in [0.15, 0.2) is 65.9 Å². The van der Waals surface area contributed by atoms with Crippen molar-refractivity contribution < 1.29 is 0 Å². The van der Waals surface area contributed by atoms with Gasteiger partial charge in [-0.05, 0) is 34.9 Å². The second kappa shape index (κ2) is 8.15. The highest BCUT2D eigenvalue weighted by Gasteiger charge is 2.00. The van der Waals surface area contributed by atoms with Crippen molar-refractivity contribution in [3.05, 3.63) is 66.5 Å². The predicted octanol–water partition coefficient (Wildman–Crippen LogP) is 2.79. The van der Waals surface area contributed by atoms with E-state index in [1.807, 2.05) is 16.9 Å². The minimum Gasteiger partial charge on any atom is -0.356 e. The standard InChI is InChI=1S/C19H23N5/c1-20-19(21-10-4-12-24-13-5-11-23-24)22-15-16-8-9-17-6-2-3-7-18(17)14-16/h2-3,5-9,11,13-14H,4,10,12,15H2,1H3,(H2,20,21,22). The fourth-order valence-corrected chi connectivity index (χ4v) is 2.64. The van der Waals surface area contributed by atoms with E-state index < -0.39 is 0 Å². The summed E-state index contributed by atoms with van der Waals surface area (Å²) in [5.74, 6) is 0.823. The molecule has 0 amide bonds. The van der Waals surface area contributed by atoms with Crippen LogP contribution < -0.4 is 10.6 Å². The molecular weight excluding hydrogens is 298 g/mol. The van der Waals surface area contributed by atoms with Gasteiger partial charge in [0.1, 0.15) is 0 Å². The number of nitrogens with zero attached hydrogens (tertiary/aromatic N) is 3. The Bertz CT molecular complexity index is 792. The molecule has 5 heteroatoms. The predicted molar refractivity (Wildman–Crippen MR) is 99.0 cm³/mol. The number of rotatable bonds is 6. The molecular formula is C19H23N5. The van der Waals surface area contributed by atoms with Gasteiger partial charge in [-0.3, -0.25) is 9.67 Å². The van der Waals surface area contributed by atoms with Crippen molar-refractivity contribution in [3.8, 4) is 0 Å². The van der Waals surface area contributed by atoms with E-state index in [9.17, 15) is 0 Å². The minimum absolute atomic E-state index is 0.754. The Hall–Kier alpha value is -2.82. The van der Waals surface area contributed by atoms with Crippen LogP contribution in [0.4, 0.5) is 0 Å². The number of hydrogen-bond acceptors (Lipinski definition) is 2. The third-order valence-electron chi connectivity index (χ3n) is 3.91. The first kappa shape index (κ1) is 16.1. The zero-order valence-electron chi connectivity index (χ0n) is 13.9. The lowest BCUT2D eigenvalue weighted by Crippen LogP contribution is -2.37. The zero-order valence-corrected chi connectivity index (χ0v) is 13.9. The molecule has 2 aromatic carbocycles. The third kappa shape index (κ3) is 4.35. The van der Waals surface area contributed by atoms with Crippen LogP contribution in [0.25, 0.3) is 10.8 Å². The highest BCUT2D eigenvalue weighted by molar-refractivity contribution is 5.83. The summed E-state index contributed by atoms with van der Waals surface area (Å²) in [5.41, 5.74) is 1.24. The molecule has 0 spiro atoms. The molecule has 0 bridgehead atoms. The molecule has 0 unspecified atom stereocenters. The molecule has 3 aromatic rings. The van der Waals surface area contributed by atoms with Gasteiger partial charge in [-0.15, -0.1) is 0 Å². The smallest absolute Gasteiger partial charge is 0.191 e. The summed E-state index contributed by atoms with van der Waals surface area (Å²) in [6.45, 7) is 2.52. The van der Waals surface area contributed by atoms with Crippen LogP contribution in [0.2, 0.25) is 0 Å². The quantitative estimate of drug-likeness (QED) is 0.417. The number of guanidine groups is 1. The number of benzene rings is 2. The topological polar surface area (TPSA) is 54.2 Å². The van der Waals surface area contributed by atoms with Gasteiger partial charge in [0.05, 0.1) is 0 Å². The van der Waals surface area contributed by atoms with E-state index in [-0.39, 0.29) is 0 Å². The van der Waals surface area contributed by atoms with E-state index in [2.05, 4.69) is 63.2 Å². The van der Waals surface area contributed by atoms with E-state index in [1.54, 1.807) is 13.2 Å². The molecule has 0 fully saturated rings. The number of aryl methyl sites for hydroxylation is 1. The molecule has 0 radical (unpaired) electrons. The fourth-order valence-electron chi connectivity index (χ4n) is 2.64. The van der Waals surface area contributed by atoms with Crippen LogP contribution in [0.5, 0.6) is 0 Å². The summed E-state index contributed by atoms with van der Waals surface area (Å²) in [4.78, 5) is 4.27. The molecule has 0 aliphatic heterocycles. The van der Waals surface area contributed by atoms with Crippen LogP contribution in [0.1, 0.15) is 12.0 Å². The molecule has 5 nitrogen and oxygen atoms in total. The van der Waals surface area contributed by atoms with Gasteiger partial charge < -0.3 is 10.6 Å². The molecule has 1 aromatic heterocycles. The number of fused-ring (bicyclic) bond motifs is 1. The lowest BCUT2D eigenvalue weighted by atomic mass is 10.1. The summed E-state index contributed by atoms with van der Waals surface area (Å²) in [5, 5.41) is 13.4. The second-order valence-electron chi connectivity index (χ2n) is 5.66. The van der Waals surface area contributed by atoms with Crippen molar-refractivity contribution in [1.29, 1.82) is 0 Å². The highest BCUT2D eigenvalue weighted by Crippen LogP contribution is 2.15. The maximum atomic E-state index is 4.27. The average molecular weight is 321 g/mol. The normalized spacial score (nSPS) is 11.6. The van der Waals surface area contributed by atoms with Crippen LogP contribution in [0, 0.1) is 0 Å². The molecule has 0 aliphatic carbocycles. The molecule has 0 aliphatic rings. The van der Waals surface area contributed by atoms with Crippen molar-refractivity contribution >= 4 is 16.7 Å². The molecule has 1 heterocycles. The summed E-state index contributed by atoms with van der Waals surface area (Å²) >= 11 is 0. The zero-order chi connectivity index (χ0) is 16.6. The maximum Gasteiger partial charge on any atom is 0.191 e. The molecule has 124 valence electrons. The van der Waals surface area contributed by atoms with Gasteiger partial charge in [0, 0.05) is 39.1 Å². The van der Waals surface area contributed by atoms with Gasteiger partial charge in [0.15, 0.2) is 5.96 Å². The van der Waals surface area contributed by atoms with E-state index in [0.717, 1.165) is 32.0 Å². The van der Waals surface area contributed by atoms with Crippen LogP contribution in [-0.4, -0.2) is 29.3 Å². The molecule has 0 saturated heterocycles. The van der Waals surface area contributed by atoms with Gasteiger partial charge in [-0.2, -0.15) is 5.10 Å². The monoisotopic (exact) mass is 321 g/mol. The SMILES string of the molecule is CN=C(NCCCn1cccn1)NCc1ccc2ccccc2c1. The van der Waals surface area contributed by atoms with Crippen molar-refractivity contribution in [2.45, 2.75) is 19.5 Å². The highest BCUT2D eigenvalue weighted by atomic mass is 15.3. The van der Waals surface area contributed by atoms with Crippen molar-refractivity contribution in [1.82, 2.24) is 20.4 Å².